The summed E-state index contributed by atoms with van der Waals surface area (Å²) in [5.74, 6) is 0.786. The van der Waals surface area contributed by atoms with Crippen molar-refractivity contribution in [2.75, 3.05) is 19.6 Å². The van der Waals surface area contributed by atoms with Gasteiger partial charge in [0.25, 0.3) is 0 Å². The molecular weight excluding hydrogens is 312 g/mol. The van der Waals surface area contributed by atoms with Crippen LogP contribution in [-0.4, -0.2) is 41.2 Å². The summed E-state index contributed by atoms with van der Waals surface area (Å²) >= 11 is 0. The molecule has 0 atom stereocenters. The Balaban J connectivity index is 1.55. The van der Waals surface area contributed by atoms with Gasteiger partial charge in [0.05, 0.1) is 0 Å². The molecule has 4 nitrogen and oxygen atoms in total. The lowest BCUT2D eigenvalue weighted by molar-refractivity contribution is -0.143. The molecule has 0 radical (unpaired) electrons. The van der Waals surface area contributed by atoms with Crippen LogP contribution in [0.25, 0.3) is 0 Å². The summed E-state index contributed by atoms with van der Waals surface area (Å²) in [4.78, 5) is 29.4. The molecule has 2 heterocycles. The molecule has 136 valence electrons. The predicted octanol–water partition coefficient (Wildman–Crippen LogP) is 3.25. The Morgan fingerprint density at radius 2 is 1.64 bits per heavy atom. The Bertz CT molecular complexity index is 616. The van der Waals surface area contributed by atoms with Gasteiger partial charge < -0.3 is 9.80 Å². The molecule has 1 fully saturated rings. The highest BCUT2D eigenvalue weighted by Crippen LogP contribution is 2.25. The van der Waals surface area contributed by atoms with Gasteiger partial charge in [-0.05, 0) is 43.2 Å². The zero-order valence-corrected chi connectivity index (χ0v) is 15.5. The van der Waals surface area contributed by atoms with Crippen molar-refractivity contribution in [1.82, 2.24) is 9.80 Å². The van der Waals surface area contributed by atoms with E-state index in [-0.39, 0.29) is 23.7 Å². The van der Waals surface area contributed by atoms with Gasteiger partial charge in [-0.2, -0.15) is 0 Å². The van der Waals surface area contributed by atoms with Crippen LogP contribution in [0.4, 0.5) is 0 Å². The average Bonchev–Trinajstić information content (AvgIpc) is 2.68. The van der Waals surface area contributed by atoms with Crippen molar-refractivity contribution in [1.29, 1.82) is 0 Å². The molecule has 1 saturated heterocycles. The van der Waals surface area contributed by atoms with Crippen molar-refractivity contribution in [2.45, 2.75) is 52.5 Å². The predicted molar refractivity (Wildman–Crippen MR) is 98.9 cm³/mol. The smallest absolute Gasteiger partial charge is 0.226 e. The van der Waals surface area contributed by atoms with Crippen molar-refractivity contribution >= 4 is 11.8 Å². The lowest BCUT2D eigenvalue weighted by Gasteiger charge is -2.37. The van der Waals surface area contributed by atoms with E-state index < -0.39 is 0 Å². The first-order valence-electron chi connectivity index (χ1n) is 9.78. The molecule has 0 aromatic heterocycles. The third kappa shape index (κ3) is 3.88. The summed E-state index contributed by atoms with van der Waals surface area (Å²) in [7, 11) is 0. The van der Waals surface area contributed by atoms with Gasteiger partial charge in [0.1, 0.15) is 0 Å². The lowest BCUT2D eigenvalue weighted by atomic mass is 9.92. The Labute approximate surface area is 151 Å². The van der Waals surface area contributed by atoms with E-state index >= 15 is 0 Å². The molecule has 0 unspecified atom stereocenters. The van der Waals surface area contributed by atoms with Gasteiger partial charge >= 0.3 is 0 Å². The van der Waals surface area contributed by atoms with Crippen molar-refractivity contribution in [3.63, 3.8) is 0 Å². The van der Waals surface area contributed by atoms with Crippen LogP contribution < -0.4 is 0 Å². The molecule has 0 spiro atoms. The van der Waals surface area contributed by atoms with Crippen LogP contribution in [0.2, 0.25) is 0 Å². The van der Waals surface area contributed by atoms with E-state index in [0.717, 1.165) is 58.3 Å². The maximum absolute atomic E-state index is 12.9. The van der Waals surface area contributed by atoms with E-state index in [4.69, 9.17) is 0 Å². The standard InChI is InChI=1S/C21H30N2O2/c1-3-16(4-2)20(24)22-12-10-18(11-13-22)21(25)23-14-9-17-7-5-6-8-19(17)15-23/h5-8,16,18H,3-4,9-15H2,1-2H3. The number of carbonyl (C=O) groups excluding carboxylic acids is 2. The molecule has 0 bridgehead atoms. The molecule has 1 aromatic rings. The van der Waals surface area contributed by atoms with Gasteiger partial charge in [-0.25, -0.2) is 0 Å². The molecule has 0 saturated carbocycles. The second-order valence-electron chi connectivity index (χ2n) is 7.39. The molecule has 25 heavy (non-hydrogen) atoms. The van der Waals surface area contributed by atoms with Crippen LogP contribution in [0, 0.1) is 11.8 Å². The van der Waals surface area contributed by atoms with Gasteiger partial charge in [-0.3, -0.25) is 9.59 Å². The molecular formula is C21H30N2O2. The number of hydrogen-bond donors (Lipinski definition) is 0. The van der Waals surface area contributed by atoms with Crippen LogP contribution in [0.5, 0.6) is 0 Å². The van der Waals surface area contributed by atoms with Crippen LogP contribution in [-0.2, 0) is 22.6 Å². The fourth-order valence-corrected chi connectivity index (χ4v) is 4.18. The van der Waals surface area contributed by atoms with Crippen LogP contribution >= 0.6 is 0 Å². The quantitative estimate of drug-likeness (QED) is 0.843. The monoisotopic (exact) mass is 342 g/mol. The van der Waals surface area contributed by atoms with E-state index in [9.17, 15) is 9.59 Å². The summed E-state index contributed by atoms with van der Waals surface area (Å²) in [5.41, 5.74) is 2.65. The first-order valence-corrected chi connectivity index (χ1v) is 9.78. The summed E-state index contributed by atoms with van der Waals surface area (Å²) in [6.07, 6.45) is 4.38. The largest absolute Gasteiger partial charge is 0.342 e. The number of rotatable bonds is 4. The Hall–Kier alpha value is -1.84. The fraction of sp³-hybridized carbons (Fsp3) is 0.619. The SMILES string of the molecule is CCC(CC)C(=O)N1CCC(C(=O)N2CCc3ccccc3C2)CC1. The summed E-state index contributed by atoms with van der Waals surface area (Å²) in [6, 6.07) is 8.42. The highest BCUT2D eigenvalue weighted by Gasteiger charge is 2.32. The van der Waals surface area contributed by atoms with Gasteiger partial charge in [0.2, 0.25) is 11.8 Å². The maximum Gasteiger partial charge on any atom is 0.226 e. The highest BCUT2D eigenvalue weighted by molar-refractivity contribution is 5.81. The summed E-state index contributed by atoms with van der Waals surface area (Å²) in [5, 5.41) is 0. The van der Waals surface area contributed by atoms with Gasteiger partial charge in [0, 0.05) is 38.0 Å². The summed E-state index contributed by atoms with van der Waals surface area (Å²) in [6.45, 7) is 7.18. The number of nitrogens with zero attached hydrogens (tertiary/aromatic N) is 2. The van der Waals surface area contributed by atoms with Crippen molar-refractivity contribution in [3.8, 4) is 0 Å². The first kappa shape index (κ1) is 18.0. The molecule has 0 N–H and O–H groups in total. The third-order valence-corrected chi connectivity index (χ3v) is 5.93. The molecule has 0 aliphatic carbocycles. The number of hydrogen-bond acceptors (Lipinski definition) is 2. The van der Waals surface area contributed by atoms with Crippen LogP contribution in [0.15, 0.2) is 24.3 Å². The van der Waals surface area contributed by atoms with Crippen LogP contribution in [0.1, 0.15) is 50.7 Å². The normalized spacial score (nSPS) is 18.4. The van der Waals surface area contributed by atoms with Gasteiger partial charge in [-0.15, -0.1) is 0 Å². The number of fused-ring (bicyclic) bond motifs is 1. The number of likely N-dealkylation sites (tertiary alicyclic amines) is 1. The van der Waals surface area contributed by atoms with Crippen molar-refractivity contribution in [3.05, 3.63) is 35.4 Å². The number of benzene rings is 1. The van der Waals surface area contributed by atoms with Crippen molar-refractivity contribution in [2.24, 2.45) is 11.8 Å². The Morgan fingerprint density at radius 1 is 1.00 bits per heavy atom. The van der Waals surface area contributed by atoms with E-state index in [1.165, 1.54) is 11.1 Å². The molecule has 3 rings (SSSR count). The molecule has 1 aromatic carbocycles. The van der Waals surface area contributed by atoms with E-state index in [1.54, 1.807) is 0 Å². The zero-order valence-electron chi connectivity index (χ0n) is 15.5. The molecule has 4 heteroatoms. The molecule has 2 aliphatic rings. The minimum Gasteiger partial charge on any atom is -0.342 e. The van der Waals surface area contributed by atoms with Crippen molar-refractivity contribution < 1.29 is 9.59 Å². The van der Waals surface area contributed by atoms with E-state index in [2.05, 4.69) is 38.1 Å². The first-order chi connectivity index (χ1) is 12.1. The number of amides is 2. The van der Waals surface area contributed by atoms with E-state index in [1.807, 2.05) is 9.80 Å². The summed E-state index contributed by atoms with van der Waals surface area (Å²) < 4.78 is 0. The minimum atomic E-state index is 0.0796. The van der Waals surface area contributed by atoms with Gasteiger partial charge in [-0.1, -0.05) is 38.1 Å². The lowest BCUT2D eigenvalue weighted by Crippen LogP contribution is -2.46. The molecule has 2 aliphatic heterocycles. The van der Waals surface area contributed by atoms with Crippen LogP contribution in [0.3, 0.4) is 0 Å². The fourth-order valence-electron chi connectivity index (χ4n) is 4.18. The second kappa shape index (κ2) is 8.03. The average molecular weight is 342 g/mol. The van der Waals surface area contributed by atoms with E-state index in [0.29, 0.717) is 0 Å². The second-order valence-corrected chi connectivity index (χ2v) is 7.39. The third-order valence-electron chi connectivity index (χ3n) is 5.93. The Morgan fingerprint density at radius 3 is 2.28 bits per heavy atom. The van der Waals surface area contributed by atoms with Gasteiger partial charge in [0.15, 0.2) is 0 Å². The number of piperidine rings is 1. The number of carbonyl (C=O) groups is 2. The Kier molecular flexibility index (Phi) is 5.77. The minimum absolute atomic E-state index is 0.0796. The topological polar surface area (TPSA) is 40.6 Å². The highest BCUT2D eigenvalue weighted by atomic mass is 16.2. The zero-order chi connectivity index (χ0) is 17.8. The maximum atomic E-state index is 12.9. The molecule has 2 amide bonds.